The summed E-state index contributed by atoms with van der Waals surface area (Å²) in [4.78, 5) is 70.0. The van der Waals surface area contributed by atoms with Crippen molar-refractivity contribution in [3.05, 3.63) is 111 Å². The molecule has 4 aromatic rings. The summed E-state index contributed by atoms with van der Waals surface area (Å²) in [5.74, 6) is 1.91. The fraction of sp³-hybridized carbons (Fsp3) is 0.481. The summed E-state index contributed by atoms with van der Waals surface area (Å²) in [6.07, 6.45) is 7.12. The first-order valence-electron chi connectivity index (χ1n) is 23.8. The molecular formula is C52H60ClN9O5. The third-order valence-corrected chi connectivity index (χ3v) is 15.3. The molecule has 5 saturated heterocycles. The monoisotopic (exact) mass is 925 g/mol. The Hall–Kier alpha value is -5.88. The number of hydrogen-bond acceptors (Lipinski definition) is 12. The summed E-state index contributed by atoms with van der Waals surface area (Å²) in [6, 6.07) is 23.1. The number of likely N-dealkylation sites (tertiary alicyclic amines) is 2. The molecule has 1 aromatic heterocycles. The maximum absolute atomic E-state index is 13.4. The van der Waals surface area contributed by atoms with E-state index in [2.05, 4.69) is 61.9 Å². The van der Waals surface area contributed by atoms with Crippen LogP contribution in [0.25, 0.3) is 0 Å². The number of amides is 4. The van der Waals surface area contributed by atoms with E-state index in [1.165, 1.54) is 12.8 Å². The van der Waals surface area contributed by atoms with Crippen molar-refractivity contribution < 1.29 is 23.9 Å². The number of nitrogens with one attached hydrogen (secondary N) is 1. The molecule has 9 rings (SSSR count). The Morgan fingerprint density at radius 3 is 2.31 bits per heavy atom. The van der Waals surface area contributed by atoms with Crippen molar-refractivity contribution in [1.29, 1.82) is 5.26 Å². The number of carbonyl (C=O) groups excluding carboxylic acids is 4. The molecule has 0 spiro atoms. The maximum atomic E-state index is 13.4. The molecule has 350 valence electrons. The molecule has 15 heteroatoms. The van der Waals surface area contributed by atoms with Crippen LogP contribution in [0.5, 0.6) is 5.75 Å². The molecule has 0 aliphatic carbocycles. The average Bonchev–Trinajstić information content (AvgIpc) is 3.93. The highest BCUT2D eigenvalue weighted by Crippen LogP contribution is 2.37. The number of fused-ring (bicyclic) bond motifs is 1. The molecular weight excluding hydrogens is 866 g/mol. The predicted molar refractivity (Wildman–Crippen MR) is 256 cm³/mol. The zero-order valence-corrected chi connectivity index (χ0v) is 39.5. The number of halogens is 1. The summed E-state index contributed by atoms with van der Waals surface area (Å²) in [7, 11) is 0. The van der Waals surface area contributed by atoms with Gasteiger partial charge < -0.3 is 19.4 Å². The summed E-state index contributed by atoms with van der Waals surface area (Å²) < 4.78 is 6.19. The number of nitriles is 1. The van der Waals surface area contributed by atoms with Crippen molar-refractivity contribution in [1.82, 2.24) is 30.0 Å². The SMILES string of the molecule is Cc1cc(N2CCC(CN3CCC(N4CC5CN(c6nccc(COc7ccc(C(C)(C)c8cc(Cl)cc(C#N)c8)cc7)n6)CC5C4)CC3)CC2)ccc1C(=O)N(C=O)C1CCC(=O)NC1=O. The van der Waals surface area contributed by atoms with Gasteiger partial charge in [0.15, 0.2) is 0 Å². The maximum Gasteiger partial charge on any atom is 0.261 e. The number of hydrogen-bond donors (Lipinski definition) is 1. The first kappa shape index (κ1) is 46.2. The van der Waals surface area contributed by atoms with Crippen LogP contribution in [-0.4, -0.2) is 120 Å². The normalized spacial score (nSPS) is 22.0. The van der Waals surface area contributed by atoms with Gasteiger partial charge in [-0.2, -0.15) is 5.26 Å². The lowest BCUT2D eigenvalue weighted by Crippen LogP contribution is -2.53. The lowest BCUT2D eigenvalue weighted by molar-refractivity contribution is -0.139. The van der Waals surface area contributed by atoms with Crippen LogP contribution in [-0.2, 0) is 26.4 Å². The lowest BCUT2D eigenvalue weighted by atomic mass is 9.78. The van der Waals surface area contributed by atoms with Gasteiger partial charge >= 0.3 is 0 Å². The number of anilines is 2. The van der Waals surface area contributed by atoms with Gasteiger partial charge in [0.05, 0.1) is 17.3 Å². The number of nitrogens with zero attached hydrogens (tertiary/aromatic N) is 8. The quantitative estimate of drug-likeness (QED) is 0.117. The van der Waals surface area contributed by atoms with Gasteiger partial charge in [0, 0.05) is 86.2 Å². The number of imide groups is 2. The van der Waals surface area contributed by atoms with Gasteiger partial charge in [0.25, 0.3) is 5.91 Å². The Morgan fingerprint density at radius 1 is 0.910 bits per heavy atom. The van der Waals surface area contributed by atoms with Gasteiger partial charge in [-0.1, -0.05) is 37.6 Å². The van der Waals surface area contributed by atoms with Crippen molar-refractivity contribution in [3.63, 3.8) is 0 Å². The van der Waals surface area contributed by atoms with Crippen LogP contribution in [0.15, 0.2) is 72.9 Å². The number of carbonyl (C=O) groups is 4. The van der Waals surface area contributed by atoms with Crippen molar-refractivity contribution in [2.45, 2.75) is 83.4 Å². The second-order valence-corrected chi connectivity index (χ2v) is 20.2. The Bertz CT molecular complexity index is 2520. The predicted octanol–water partition coefficient (Wildman–Crippen LogP) is 6.37. The standard InChI is InChI=1S/C52H60ClN9O5/c1-34-22-44(6-9-46(34)50(66)62(33-63)47-10-11-48(64)57-49(47)65)59-20-13-35(14-21-59)27-58-18-15-43(16-19-58)60-28-37-30-61(31-38(37)29-60)51-55-17-12-42(56-51)32-67-45-7-4-39(5-8-45)52(2,3)40-23-36(26-54)24-41(53)25-40/h4-9,12,17,22-25,33,35,37-38,43,47H,10-11,13-16,18-21,27-32H2,1-3H3,(H,57,64,65). The molecule has 5 aliphatic rings. The molecule has 3 unspecified atom stereocenters. The van der Waals surface area contributed by atoms with E-state index < -0.39 is 23.8 Å². The summed E-state index contributed by atoms with van der Waals surface area (Å²) >= 11 is 6.32. The van der Waals surface area contributed by atoms with Gasteiger partial charge in [-0.3, -0.25) is 34.3 Å². The molecule has 5 fully saturated rings. The lowest BCUT2D eigenvalue weighted by Gasteiger charge is -2.40. The average molecular weight is 927 g/mol. The molecule has 0 bridgehead atoms. The number of rotatable bonds is 13. The van der Waals surface area contributed by atoms with Gasteiger partial charge in [-0.15, -0.1) is 0 Å². The first-order chi connectivity index (χ1) is 32.3. The van der Waals surface area contributed by atoms with Crippen molar-refractivity contribution in [3.8, 4) is 11.8 Å². The number of aryl methyl sites for hydroxylation is 1. The van der Waals surface area contributed by atoms with Gasteiger partial charge in [-0.25, -0.2) is 9.97 Å². The van der Waals surface area contributed by atoms with Crippen LogP contribution in [0.4, 0.5) is 11.6 Å². The number of piperidine rings is 3. The minimum absolute atomic E-state index is 0.0899. The minimum atomic E-state index is -0.986. The van der Waals surface area contributed by atoms with Crippen LogP contribution >= 0.6 is 11.6 Å². The Labute approximate surface area is 398 Å². The molecule has 67 heavy (non-hydrogen) atoms. The molecule has 0 radical (unpaired) electrons. The third-order valence-electron chi connectivity index (χ3n) is 15.1. The Morgan fingerprint density at radius 2 is 1.64 bits per heavy atom. The van der Waals surface area contributed by atoms with Crippen molar-refractivity contribution in [2.75, 3.05) is 68.7 Å². The van der Waals surface area contributed by atoms with E-state index in [1.807, 2.05) is 55.6 Å². The second-order valence-electron chi connectivity index (χ2n) is 19.8. The fourth-order valence-corrected chi connectivity index (χ4v) is 11.3. The zero-order chi connectivity index (χ0) is 46.8. The van der Waals surface area contributed by atoms with Crippen LogP contribution in [0.2, 0.25) is 5.02 Å². The van der Waals surface area contributed by atoms with E-state index in [1.54, 1.807) is 12.1 Å². The Kier molecular flexibility index (Phi) is 13.6. The first-order valence-corrected chi connectivity index (χ1v) is 24.2. The van der Waals surface area contributed by atoms with E-state index in [9.17, 15) is 24.4 Å². The van der Waals surface area contributed by atoms with E-state index in [4.69, 9.17) is 21.3 Å². The molecule has 5 aliphatic heterocycles. The summed E-state index contributed by atoms with van der Waals surface area (Å²) in [6.45, 7) is 16.0. The van der Waals surface area contributed by atoms with Crippen LogP contribution < -0.4 is 19.9 Å². The molecule has 4 amide bonds. The molecule has 3 atom stereocenters. The smallest absolute Gasteiger partial charge is 0.261 e. The highest BCUT2D eigenvalue weighted by Gasteiger charge is 2.43. The highest BCUT2D eigenvalue weighted by molar-refractivity contribution is 6.30. The molecule has 6 heterocycles. The second kappa shape index (κ2) is 19.8. The fourth-order valence-electron chi connectivity index (χ4n) is 11.1. The minimum Gasteiger partial charge on any atom is -0.487 e. The van der Waals surface area contributed by atoms with Crippen LogP contribution in [0, 0.1) is 36.0 Å². The van der Waals surface area contributed by atoms with Crippen molar-refractivity contribution >= 4 is 47.4 Å². The molecule has 1 N–H and O–H groups in total. The number of benzene rings is 3. The highest BCUT2D eigenvalue weighted by atomic mass is 35.5. The number of ether oxygens (including phenoxy) is 1. The topological polar surface area (TPSA) is 155 Å². The summed E-state index contributed by atoms with van der Waals surface area (Å²) in [5.41, 5.74) is 5.33. The zero-order valence-electron chi connectivity index (χ0n) is 38.7. The van der Waals surface area contributed by atoms with Crippen LogP contribution in [0.1, 0.15) is 90.7 Å². The van der Waals surface area contributed by atoms with E-state index in [0.29, 0.717) is 53.0 Å². The van der Waals surface area contributed by atoms with E-state index >= 15 is 0 Å². The van der Waals surface area contributed by atoms with Gasteiger partial charge in [-0.05, 0) is 141 Å². The van der Waals surface area contributed by atoms with Crippen molar-refractivity contribution in [2.24, 2.45) is 17.8 Å². The van der Waals surface area contributed by atoms with Gasteiger partial charge in [0.1, 0.15) is 18.4 Å². The van der Waals surface area contributed by atoms with E-state index in [-0.39, 0.29) is 18.3 Å². The largest absolute Gasteiger partial charge is 0.487 e. The summed E-state index contributed by atoms with van der Waals surface area (Å²) in [5, 5.41) is 12.2. The molecule has 0 saturated carbocycles. The number of aromatic nitrogens is 2. The Balaban J connectivity index is 0.692. The molecule has 3 aromatic carbocycles. The third kappa shape index (κ3) is 10.2. The van der Waals surface area contributed by atoms with Gasteiger partial charge in [0.2, 0.25) is 24.2 Å². The molecule has 14 nitrogen and oxygen atoms in total. The van der Waals surface area contributed by atoms with E-state index in [0.717, 1.165) is 116 Å². The van der Waals surface area contributed by atoms with Crippen LogP contribution in [0.3, 0.4) is 0 Å².